The van der Waals surface area contributed by atoms with Gasteiger partial charge in [-0.25, -0.2) is 0 Å². The molecule has 0 radical (unpaired) electrons. The van der Waals surface area contributed by atoms with Gasteiger partial charge in [-0.3, -0.25) is 9.69 Å². The fourth-order valence-electron chi connectivity index (χ4n) is 1.84. The van der Waals surface area contributed by atoms with E-state index in [0.29, 0.717) is 5.78 Å². The Labute approximate surface area is 60.5 Å². The highest BCUT2D eigenvalue weighted by atomic mass is 16.1. The van der Waals surface area contributed by atoms with Gasteiger partial charge in [-0.15, -0.1) is 0 Å². The Morgan fingerprint density at radius 3 is 2.50 bits per heavy atom. The molecule has 2 aliphatic rings. The molecule has 0 bridgehead atoms. The molecule has 2 nitrogen and oxygen atoms in total. The first-order valence-electron chi connectivity index (χ1n) is 3.62. The lowest BCUT2D eigenvalue weighted by Gasteiger charge is -2.18. The molecule has 10 heavy (non-hydrogen) atoms. The minimum atomic E-state index is -0.194. The van der Waals surface area contributed by atoms with Crippen LogP contribution in [0.3, 0.4) is 0 Å². The summed E-state index contributed by atoms with van der Waals surface area (Å²) in [4.78, 5) is 13.4. The van der Waals surface area contributed by atoms with Crippen molar-refractivity contribution in [1.82, 2.24) is 4.90 Å². The fraction of sp³-hybridized carbons (Fsp3) is 0.625. The van der Waals surface area contributed by atoms with Crippen molar-refractivity contribution in [2.45, 2.75) is 18.9 Å². The second-order valence-electron chi connectivity index (χ2n) is 3.19. The SMILES string of the molecule is CC1=CC12C(=O)CCN2C. The van der Waals surface area contributed by atoms with Crippen LogP contribution in [0, 0.1) is 0 Å². The molecule has 54 valence electrons. The number of nitrogens with zero attached hydrogens (tertiary/aromatic N) is 1. The molecule has 0 aromatic heterocycles. The van der Waals surface area contributed by atoms with Gasteiger partial charge in [-0.05, 0) is 19.5 Å². The molecule has 0 N–H and O–H groups in total. The summed E-state index contributed by atoms with van der Waals surface area (Å²) in [7, 11) is 2.01. The van der Waals surface area contributed by atoms with Gasteiger partial charge >= 0.3 is 0 Å². The Morgan fingerprint density at radius 2 is 2.30 bits per heavy atom. The zero-order valence-electron chi connectivity index (χ0n) is 6.35. The molecule has 1 saturated heterocycles. The molecular formula is C8H11NO. The van der Waals surface area contributed by atoms with Crippen LogP contribution in [0.4, 0.5) is 0 Å². The second kappa shape index (κ2) is 1.51. The number of ketones is 1. The van der Waals surface area contributed by atoms with Crippen molar-refractivity contribution in [2.75, 3.05) is 13.6 Å². The minimum absolute atomic E-state index is 0.194. The van der Waals surface area contributed by atoms with Crippen LogP contribution < -0.4 is 0 Å². The Hall–Kier alpha value is -0.630. The van der Waals surface area contributed by atoms with E-state index in [1.807, 2.05) is 14.0 Å². The lowest BCUT2D eigenvalue weighted by molar-refractivity contribution is -0.120. The zero-order valence-corrected chi connectivity index (χ0v) is 6.35. The quantitative estimate of drug-likeness (QED) is 0.455. The first-order chi connectivity index (χ1) is 4.68. The molecular weight excluding hydrogens is 126 g/mol. The molecule has 2 heteroatoms. The fourth-order valence-corrected chi connectivity index (χ4v) is 1.84. The number of carbonyl (C=O) groups is 1. The summed E-state index contributed by atoms with van der Waals surface area (Å²) in [6.07, 6.45) is 2.78. The third-order valence-electron chi connectivity index (χ3n) is 2.64. The standard InChI is InChI=1S/C8H11NO/c1-6-5-8(6)7(10)3-4-9(8)2/h5H,3-4H2,1-2H3. The summed E-state index contributed by atoms with van der Waals surface area (Å²) >= 11 is 0. The molecule has 1 aliphatic carbocycles. The van der Waals surface area contributed by atoms with E-state index < -0.39 is 0 Å². The van der Waals surface area contributed by atoms with E-state index in [4.69, 9.17) is 0 Å². The van der Waals surface area contributed by atoms with Gasteiger partial charge in [0.15, 0.2) is 5.78 Å². The van der Waals surface area contributed by atoms with Gasteiger partial charge in [-0.1, -0.05) is 6.08 Å². The maximum Gasteiger partial charge on any atom is 0.162 e. The number of likely N-dealkylation sites (N-methyl/N-ethyl adjacent to an activating group) is 1. The Bertz CT molecular complexity index is 231. The first kappa shape index (κ1) is 6.10. The number of carbonyl (C=O) groups excluding carboxylic acids is 1. The maximum atomic E-state index is 11.3. The van der Waals surface area contributed by atoms with E-state index in [1.165, 1.54) is 5.57 Å². The van der Waals surface area contributed by atoms with Gasteiger partial charge in [0.2, 0.25) is 0 Å². The van der Waals surface area contributed by atoms with Gasteiger partial charge in [-0.2, -0.15) is 0 Å². The lowest BCUT2D eigenvalue weighted by Crippen LogP contribution is -2.34. The van der Waals surface area contributed by atoms with Crippen LogP contribution in [0.5, 0.6) is 0 Å². The zero-order chi connectivity index (χ0) is 7.35. The van der Waals surface area contributed by atoms with Gasteiger partial charge in [0.25, 0.3) is 0 Å². The predicted molar refractivity (Wildman–Crippen MR) is 38.7 cm³/mol. The van der Waals surface area contributed by atoms with Crippen molar-refractivity contribution in [3.05, 3.63) is 11.6 Å². The van der Waals surface area contributed by atoms with Crippen molar-refractivity contribution in [3.63, 3.8) is 0 Å². The highest BCUT2D eigenvalue weighted by Gasteiger charge is 2.54. The van der Waals surface area contributed by atoms with Gasteiger partial charge in [0, 0.05) is 13.0 Å². The number of rotatable bonds is 0. The molecule has 1 heterocycles. The molecule has 1 unspecified atom stereocenters. The highest BCUT2D eigenvalue weighted by Crippen LogP contribution is 2.44. The summed E-state index contributed by atoms with van der Waals surface area (Å²) in [5, 5.41) is 0. The van der Waals surface area contributed by atoms with E-state index in [2.05, 4.69) is 11.0 Å². The Kier molecular flexibility index (Phi) is 0.920. The molecule has 0 saturated carbocycles. The Morgan fingerprint density at radius 1 is 1.70 bits per heavy atom. The topological polar surface area (TPSA) is 20.3 Å². The maximum absolute atomic E-state index is 11.3. The molecule has 0 aromatic carbocycles. The third kappa shape index (κ3) is 0.465. The van der Waals surface area contributed by atoms with Gasteiger partial charge in [0.1, 0.15) is 5.54 Å². The smallest absolute Gasteiger partial charge is 0.162 e. The predicted octanol–water partition coefficient (Wildman–Crippen LogP) is 0.590. The van der Waals surface area contributed by atoms with Crippen LogP contribution >= 0.6 is 0 Å². The van der Waals surface area contributed by atoms with Crippen molar-refractivity contribution in [1.29, 1.82) is 0 Å². The normalized spacial score (nSPS) is 39.0. The van der Waals surface area contributed by atoms with Crippen molar-refractivity contribution in [2.24, 2.45) is 0 Å². The van der Waals surface area contributed by atoms with Crippen LogP contribution in [0.1, 0.15) is 13.3 Å². The summed E-state index contributed by atoms with van der Waals surface area (Å²) in [6, 6.07) is 0. The largest absolute Gasteiger partial charge is 0.297 e. The summed E-state index contributed by atoms with van der Waals surface area (Å²) < 4.78 is 0. The number of likely N-dealkylation sites (tertiary alicyclic amines) is 1. The van der Waals surface area contributed by atoms with E-state index >= 15 is 0 Å². The van der Waals surface area contributed by atoms with Crippen molar-refractivity contribution in [3.8, 4) is 0 Å². The van der Waals surface area contributed by atoms with Gasteiger partial charge < -0.3 is 0 Å². The molecule has 1 spiro atoms. The molecule has 0 aromatic rings. The number of hydrogen-bond donors (Lipinski definition) is 0. The van der Waals surface area contributed by atoms with Crippen LogP contribution in [0.2, 0.25) is 0 Å². The summed E-state index contributed by atoms with van der Waals surface area (Å²) in [5.41, 5.74) is 1.04. The van der Waals surface area contributed by atoms with Crippen LogP contribution in [0.15, 0.2) is 11.6 Å². The molecule has 1 atom stereocenters. The minimum Gasteiger partial charge on any atom is -0.297 e. The summed E-state index contributed by atoms with van der Waals surface area (Å²) in [6.45, 7) is 2.95. The lowest BCUT2D eigenvalue weighted by atomic mass is 10.1. The number of Topliss-reactive ketones (excluding diaryl/α,β-unsaturated/α-hetero) is 1. The van der Waals surface area contributed by atoms with Crippen LogP contribution in [-0.2, 0) is 4.79 Å². The van der Waals surface area contributed by atoms with Crippen LogP contribution in [0.25, 0.3) is 0 Å². The monoisotopic (exact) mass is 137 g/mol. The highest BCUT2D eigenvalue weighted by molar-refractivity contribution is 6.01. The average Bonchev–Trinajstić information content (AvgIpc) is 2.50. The Balaban J connectivity index is 2.29. The molecule has 1 aliphatic heterocycles. The van der Waals surface area contributed by atoms with E-state index in [0.717, 1.165) is 13.0 Å². The molecule has 2 rings (SSSR count). The van der Waals surface area contributed by atoms with Crippen molar-refractivity contribution < 1.29 is 4.79 Å². The first-order valence-corrected chi connectivity index (χ1v) is 3.62. The average molecular weight is 137 g/mol. The second-order valence-corrected chi connectivity index (χ2v) is 3.19. The summed E-state index contributed by atoms with van der Waals surface area (Å²) in [5.74, 6) is 0.382. The van der Waals surface area contributed by atoms with Gasteiger partial charge in [0.05, 0.1) is 0 Å². The molecule has 1 fully saturated rings. The van der Waals surface area contributed by atoms with Crippen molar-refractivity contribution >= 4 is 5.78 Å². The third-order valence-corrected chi connectivity index (χ3v) is 2.64. The molecule has 0 amide bonds. The van der Waals surface area contributed by atoms with E-state index in [-0.39, 0.29) is 5.54 Å². The van der Waals surface area contributed by atoms with E-state index in [9.17, 15) is 4.79 Å². The van der Waals surface area contributed by atoms with E-state index in [1.54, 1.807) is 0 Å². The number of hydrogen-bond acceptors (Lipinski definition) is 2. The van der Waals surface area contributed by atoms with Crippen LogP contribution in [-0.4, -0.2) is 29.8 Å².